The number of alkyl halides is 3. The third-order valence-electron chi connectivity index (χ3n) is 3.93. The van der Waals surface area contributed by atoms with Crippen LogP contribution in [-0.4, -0.2) is 27.5 Å². The monoisotopic (exact) mass is 400 g/mol. The molecule has 0 aromatic heterocycles. The van der Waals surface area contributed by atoms with Crippen LogP contribution >= 0.6 is 0 Å². The van der Waals surface area contributed by atoms with Gasteiger partial charge in [-0.05, 0) is 24.3 Å². The number of hydrogen-bond acceptors (Lipinski definition) is 4. The van der Waals surface area contributed by atoms with Crippen LogP contribution in [0.1, 0.15) is 17.2 Å². The fourth-order valence-corrected chi connectivity index (χ4v) is 3.64. The molecule has 2 aromatic carbocycles. The first kappa shape index (κ1) is 19.2. The molecule has 0 saturated heterocycles. The lowest BCUT2D eigenvalue weighted by Gasteiger charge is -2.13. The fourth-order valence-electron chi connectivity index (χ4n) is 2.61. The van der Waals surface area contributed by atoms with E-state index in [1.807, 2.05) is 4.72 Å². The number of para-hydroxylation sites is 1. The molecule has 0 spiro atoms. The van der Waals surface area contributed by atoms with Crippen molar-refractivity contribution in [2.75, 3.05) is 13.2 Å². The zero-order valence-electron chi connectivity index (χ0n) is 13.8. The highest BCUT2D eigenvalue weighted by atomic mass is 32.2. The van der Waals surface area contributed by atoms with Gasteiger partial charge >= 0.3 is 6.18 Å². The Morgan fingerprint density at radius 2 is 1.89 bits per heavy atom. The third kappa shape index (κ3) is 4.40. The summed E-state index contributed by atoms with van der Waals surface area (Å²) in [6, 6.07) is 9.96. The van der Waals surface area contributed by atoms with Crippen molar-refractivity contribution in [2.45, 2.75) is 17.1 Å². The molecule has 1 atom stereocenters. The van der Waals surface area contributed by atoms with Gasteiger partial charge in [0.25, 0.3) is 0 Å². The normalized spacial score (nSPS) is 16.5. The summed E-state index contributed by atoms with van der Waals surface area (Å²) in [5.41, 5.74) is -0.318. The lowest BCUT2D eigenvalue weighted by molar-refractivity contribution is -0.137. The Hall–Kier alpha value is -2.59. The summed E-state index contributed by atoms with van der Waals surface area (Å²) in [7, 11) is -4.27. The third-order valence-corrected chi connectivity index (χ3v) is 5.33. The molecule has 27 heavy (non-hydrogen) atoms. The minimum Gasteiger partial charge on any atom is -0.491 e. The molecular formula is C17H15F3N2O4S. The Morgan fingerprint density at radius 3 is 2.63 bits per heavy atom. The fraction of sp³-hybridized carbons (Fsp3) is 0.235. The first-order valence-corrected chi connectivity index (χ1v) is 9.33. The molecule has 2 aromatic rings. The molecule has 1 amide bonds. The van der Waals surface area contributed by atoms with Crippen molar-refractivity contribution in [3.05, 3.63) is 59.7 Å². The van der Waals surface area contributed by atoms with E-state index in [1.165, 1.54) is 0 Å². The first-order chi connectivity index (χ1) is 12.7. The van der Waals surface area contributed by atoms with E-state index in [4.69, 9.17) is 4.74 Å². The number of halogens is 3. The van der Waals surface area contributed by atoms with E-state index in [0.29, 0.717) is 11.8 Å². The van der Waals surface area contributed by atoms with E-state index < -0.39 is 45.2 Å². The maximum atomic E-state index is 12.7. The van der Waals surface area contributed by atoms with Crippen LogP contribution in [0.15, 0.2) is 53.4 Å². The Kier molecular flexibility index (Phi) is 5.11. The van der Waals surface area contributed by atoms with Gasteiger partial charge in [-0.3, -0.25) is 4.79 Å². The summed E-state index contributed by atoms with van der Waals surface area (Å²) in [4.78, 5) is 11.5. The molecule has 1 aliphatic heterocycles. The average molecular weight is 400 g/mol. The van der Waals surface area contributed by atoms with Crippen LogP contribution in [0.4, 0.5) is 13.2 Å². The van der Waals surface area contributed by atoms with E-state index in [2.05, 4.69) is 5.32 Å². The lowest BCUT2D eigenvalue weighted by atomic mass is 10.1. The molecule has 0 radical (unpaired) electrons. The number of fused-ring (bicyclic) bond motifs is 1. The number of amides is 1. The standard InChI is InChI=1S/C17H15F3N2O4S/c18-17(19,20)11-4-3-5-12(8-11)27(24,25)21-9-16(23)22-14-10-26-15-7-2-1-6-13(14)15/h1-8,14,21H,9-10H2,(H,22,23)/t14-/m1/s1. The number of rotatable bonds is 5. The average Bonchev–Trinajstić information content (AvgIpc) is 3.03. The highest BCUT2D eigenvalue weighted by Gasteiger charge is 2.32. The van der Waals surface area contributed by atoms with Gasteiger partial charge in [-0.1, -0.05) is 24.3 Å². The maximum Gasteiger partial charge on any atom is 0.416 e. The number of benzene rings is 2. The molecule has 1 heterocycles. The minimum atomic E-state index is -4.67. The predicted molar refractivity (Wildman–Crippen MR) is 89.5 cm³/mol. The first-order valence-electron chi connectivity index (χ1n) is 7.85. The van der Waals surface area contributed by atoms with Gasteiger partial charge in [0.1, 0.15) is 12.4 Å². The van der Waals surface area contributed by atoms with Gasteiger partial charge in [-0.15, -0.1) is 0 Å². The minimum absolute atomic E-state index is 0.214. The van der Waals surface area contributed by atoms with Crippen molar-refractivity contribution < 1.29 is 31.1 Å². The largest absolute Gasteiger partial charge is 0.491 e. The van der Waals surface area contributed by atoms with E-state index in [9.17, 15) is 26.4 Å². The second-order valence-corrected chi connectivity index (χ2v) is 7.59. The highest BCUT2D eigenvalue weighted by molar-refractivity contribution is 7.89. The van der Waals surface area contributed by atoms with Crippen LogP contribution in [0, 0.1) is 0 Å². The van der Waals surface area contributed by atoms with Gasteiger partial charge in [0.15, 0.2) is 0 Å². The number of ether oxygens (including phenoxy) is 1. The molecule has 144 valence electrons. The number of sulfonamides is 1. The summed E-state index contributed by atoms with van der Waals surface area (Å²) in [5, 5.41) is 2.62. The number of carbonyl (C=O) groups is 1. The Balaban J connectivity index is 1.63. The molecule has 2 N–H and O–H groups in total. The van der Waals surface area contributed by atoms with Crippen molar-refractivity contribution in [2.24, 2.45) is 0 Å². The van der Waals surface area contributed by atoms with Gasteiger partial charge in [0, 0.05) is 5.56 Å². The summed E-state index contributed by atoms with van der Waals surface area (Å²) >= 11 is 0. The van der Waals surface area contributed by atoms with E-state index in [0.717, 1.165) is 23.8 Å². The van der Waals surface area contributed by atoms with Crippen molar-refractivity contribution in [1.29, 1.82) is 0 Å². The molecule has 10 heteroatoms. The van der Waals surface area contributed by atoms with Crippen LogP contribution < -0.4 is 14.8 Å². The van der Waals surface area contributed by atoms with E-state index in [1.54, 1.807) is 24.3 Å². The number of carbonyl (C=O) groups excluding carboxylic acids is 1. The van der Waals surface area contributed by atoms with E-state index >= 15 is 0 Å². The summed E-state index contributed by atoms with van der Waals surface area (Å²) in [6.45, 7) is -0.400. The summed E-state index contributed by atoms with van der Waals surface area (Å²) in [5.74, 6) is 0.00296. The zero-order valence-corrected chi connectivity index (χ0v) is 14.6. The van der Waals surface area contributed by atoms with Crippen molar-refractivity contribution in [3.63, 3.8) is 0 Å². The van der Waals surface area contributed by atoms with E-state index in [-0.39, 0.29) is 6.61 Å². The van der Waals surface area contributed by atoms with Crippen LogP contribution in [0.25, 0.3) is 0 Å². The van der Waals surface area contributed by atoms with Gasteiger partial charge < -0.3 is 10.1 Å². The van der Waals surface area contributed by atoms with Gasteiger partial charge in [-0.2, -0.15) is 13.2 Å². The molecular weight excluding hydrogens is 385 g/mol. The Morgan fingerprint density at radius 1 is 1.15 bits per heavy atom. The predicted octanol–water partition coefficient (Wildman–Crippen LogP) is 2.23. The smallest absolute Gasteiger partial charge is 0.416 e. The molecule has 0 bridgehead atoms. The summed E-state index contributed by atoms with van der Waals surface area (Å²) < 4.78 is 69.9. The van der Waals surface area contributed by atoms with Gasteiger partial charge in [0.05, 0.1) is 23.0 Å². The molecule has 1 aliphatic rings. The zero-order chi connectivity index (χ0) is 19.7. The van der Waals surface area contributed by atoms with Gasteiger partial charge in [-0.25, -0.2) is 13.1 Å². The van der Waals surface area contributed by atoms with Crippen molar-refractivity contribution in [3.8, 4) is 5.75 Å². The molecule has 0 fully saturated rings. The SMILES string of the molecule is O=C(CNS(=O)(=O)c1cccc(C(F)(F)F)c1)N[C@@H]1COc2ccccc21. The number of nitrogens with one attached hydrogen (secondary N) is 2. The quantitative estimate of drug-likeness (QED) is 0.806. The van der Waals surface area contributed by atoms with Crippen molar-refractivity contribution >= 4 is 15.9 Å². The molecule has 0 aliphatic carbocycles. The lowest BCUT2D eigenvalue weighted by Crippen LogP contribution is -2.39. The summed E-state index contributed by atoms with van der Waals surface area (Å²) in [6.07, 6.45) is -4.67. The van der Waals surface area contributed by atoms with Gasteiger partial charge in [0.2, 0.25) is 15.9 Å². The molecule has 0 saturated carbocycles. The topological polar surface area (TPSA) is 84.5 Å². The molecule has 3 rings (SSSR count). The maximum absolute atomic E-state index is 12.7. The number of hydrogen-bond donors (Lipinski definition) is 2. The van der Waals surface area contributed by atoms with Crippen molar-refractivity contribution in [1.82, 2.24) is 10.0 Å². The van der Waals surface area contributed by atoms with Crippen LogP contribution in [0.3, 0.4) is 0 Å². The van der Waals surface area contributed by atoms with Crippen LogP contribution in [0.2, 0.25) is 0 Å². The van der Waals surface area contributed by atoms with Crippen LogP contribution in [-0.2, 0) is 21.0 Å². The Labute approximate surface area is 153 Å². The molecule has 0 unspecified atom stereocenters. The second-order valence-electron chi connectivity index (χ2n) is 5.82. The second kappa shape index (κ2) is 7.20. The Bertz CT molecular complexity index is 961. The molecule has 6 nitrogen and oxygen atoms in total. The highest BCUT2D eigenvalue weighted by Crippen LogP contribution is 2.32. The van der Waals surface area contributed by atoms with Crippen LogP contribution in [0.5, 0.6) is 5.75 Å².